The Morgan fingerprint density at radius 2 is 1.87 bits per heavy atom. The van der Waals surface area contributed by atoms with Crippen LogP contribution in [0.5, 0.6) is 0 Å². The van der Waals surface area contributed by atoms with Crippen LogP contribution in [0.15, 0.2) is 6.07 Å². The van der Waals surface area contributed by atoms with Gasteiger partial charge in [0.15, 0.2) is 0 Å². The van der Waals surface area contributed by atoms with E-state index in [9.17, 15) is 13.2 Å². The van der Waals surface area contributed by atoms with Gasteiger partial charge in [0.05, 0.1) is 17.6 Å². The molecule has 0 unspecified atom stereocenters. The van der Waals surface area contributed by atoms with Gasteiger partial charge in [-0.05, 0) is 38.4 Å². The SMILES string of the molecule is Cc1cc(C(=O)N(c2c(C)nn(C)c2C)S(C)(=O)=O)nc(Cl)n1. The van der Waals surface area contributed by atoms with E-state index in [1.165, 1.54) is 10.7 Å². The summed E-state index contributed by atoms with van der Waals surface area (Å²) in [4.78, 5) is 20.5. The third-order valence-electron chi connectivity index (χ3n) is 3.24. The van der Waals surface area contributed by atoms with Crippen LogP contribution < -0.4 is 4.31 Å². The average molecular weight is 358 g/mol. The van der Waals surface area contributed by atoms with Crippen molar-refractivity contribution in [3.63, 3.8) is 0 Å². The molecule has 2 aromatic rings. The lowest BCUT2D eigenvalue weighted by Gasteiger charge is -2.20. The zero-order chi connectivity index (χ0) is 17.5. The van der Waals surface area contributed by atoms with Gasteiger partial charge in [0.25, 0.3) is 5.91 Å². The van der Waals surface area contributed by atoms with Crippen LogP contribution in [0, 0.1) is 20.8 Å². The van der Waals surface area contributed by atoms with Crippen molar-refractivity contribution in [3.8, 4) is 0 Å². The number of carbonyl (C=O) groups is 1. The number of aromatic nitrogens is 4. The van der Waals surface area contributed by atoms with E-state index >= 15 is 0 Å². The summed E-state index contributed by atoms with van der Waals surface area (Å²) in [7, 11) is -2.23. The summed E-state index contributed by atoms with van der Waals surface area (Å²) in [5, 5.41) is 4.03. The minimum Gasteiger partial charge on any atom is -0.270 e. The van der Waals surface area contributed by atoms with E-state index in [4.69, 9.17) is 11.6 Å². The van der Waals surface area contributed by atoms with Gasteiger partial charge in [0.2, 0.25) is 15.3 Å². The first-order valence-corrected chi connectivity index (χ1v) is 8.81. The van der Waals surface area contributed by atoms with Crippen LogP contribution in [0.25, 0.3) is 0 Å². The van der Waals surface area contributed by atoms with E-state index in [1.54, 1.807) is 27.8 Å². The third kappa shape index (κ3) is 3.35. The molecule has 2 heterocycles. The van der Waals surface area contributed by atoms with Crippen LogP contribution in [0.4, 0.5) is 5.69 Å². The molecule has 124 valence electrons. The van der Waals surface area contributed by atoms with E-state index in [-0.39, 0.29) is 16.7 Å². The van der Waals surface area contributed by atoms with Gasteiger partial charge in [0.1, 0.15) is 11.4 Å². The van der Waals surface area contributed by atoms with Gasteiger partial charge in [-0.1, -0.05) is 0 Å². The number of halogens is 1. The van der Waals surface area contributed by atoms with Gasteiger partial charge >= 0.3 is 0 Å². The number of carbonyl (C=O) groups excluding carboxylic acids is 1. The maximum atomic E-state index is 12.8. The normalized spacial score (nSPS) is 11.6. The summed E-state index contributed by atoms with van der Waals surface area (Å²) in [6.45, 7) is 4.95. The molecule has 1 amide bonds. The van der Waals surface area contributed by atoms with E-state index in [1.807, 2.05) is 0 Å². The number of sulfonamides is 1. The Balaban J connectivity index is 2.67. The average Bonchev–Trinajstić information content (AvgIpc) is 2.63. The molecular weight excluding hydrogens is 342 g/mol. The van der Waals surface area contributed by atoms with Crippen molar-refractivity contribution < 1.29 is 13.2 Å². The third-order valence-corrected chi connectivity index (χ3v) is 4.42. The van der Waals surface area contributed by atoms with E-state index < -0.39 is 15.9 Å². The summed E-state index contributed by atoms with van der Waals surface area (Å²) >= 11 is 5.77. The molecule has 0 aliphatic heterocycles. The molecule has 0 spiro atoms. The predicted octanol–water partition coefficient (Wildman–Crippen LogP) is 1.40. The fraction of sp³-hybridized carbons (Fsp3) is 0.385. The minimum absolute atomic E-state index is 0.101. The lowest BCUT2D eigenvalue weighted by molar-refractivity contribution is 0.100. The molecule has 0 saturated heterocycles. The number of hydrogen-bond donors (Lipinski definition) is 0. The quantitative estimate of drug-likeness (QED) is 0.770. The molecule has 0 aromatic carbocycles. The predicted molar refractivity (Wildman–Crippen MR) is 86.1 cm³/mol. The Kier molecular flexibility index (Phi) is 4.45. The highest BCUT2D eigenvalue weighted by Gasteiger charge is 2.32. The van der Waals surface area contributed by atoms with Crippen molar-refractivity contribution in [2.45, 2.75) is 20.8 Å². The molecule has 0 N–H and O–H groups in total. The first-order chi connectivity index (χ1) is 10.5. The molecule has 0 atom stereocenters. The van der Waals surface area contributed by atoms with E-state index in [0.717, 1.165) is 6.26 Å². The molecule has 0 saturated carbocycles. The number of rotatable bonds is 3. The first-order valence-electron chi connectivity index (χ1n) is 6.58. The largest absolute Gasteiger partial charge is 0.290 e. The van der Waals surface area contributed by atoms with Gasteiger partial charge < -0.3 is 0 Å². The minimum atomic E-state index is -3.90. The second-order valence-electron chi connectivity index (χ2n) is 5.14. The fourth-order valence-electron chi connectivity index (χ4n) is 2.22. The van der Waals surface area contributed by atoms with Gasteiger partial charge in [-0.15, -0.1) is 0 Å². The molecule has 10 heteroatoms. The molecule has 0 aliphatic carbocycles. The Morgan fingerprint density at radius 1 is 1.26 bits per heavy atom. The summed E-state index contributed by atoms with van der Waals surface area (Å²) < 4.78 is 26.6. The molecule has 2 rings (SSSR count). The van der Waals surface area contributed by atoms with Gasteiger partial charge in [-0.2, -0.15) is 9.40 Å². The van der Waals surface area contributed by atoms with Gasteiger partial charge in [-0.3, -0.25) is 9.48 Å². The zero-order valence-corrected chi connectivity index (χ0v) is 14.9. The summed E-state index contributed by atoms with van der Waals surface area (Å²) in [6.07, 6.45) is 0.951. The van der Waals surface area contributed by atoms with Crippen LogP contribution in [0.1, 0.15) is 27.6 Å². The van der Waals surface area contributed by atoms with Crippen molar-refractivity contribution >= 4 is 33.2 Å². The maximum absolute atomic E-state index is 12.8. The van der Waals surface area contributed by atoms with Crippen molar-refractivity contribution in [2.75, 3.05) is 10.6 Å². The van der Waals surface area contributed by atoms with Gasteiger partial charge in [-0.25, -0.2) is 18.4 Å². The standard InChI is InChI=1S/C13H16ClN5O3S/c1-7-6-10(16-13(14)15-7)12(20)19(23(5,21)22)11-8(2)17-18(4)9(11)3/h6H,1-5H3. The van der Waals surface area contributed by atoms with Crippen LogP contribution in [0.2, 0.25) is 5.28 Å². The maximum Gasteiger partial charge on any atom is 0.290 e. The molecule has 0 radical (unpaired) electrons. The molecule has 2 aromatic heterocycles. The summed E-state index contributed by atoms with van der Waals surface area (Å²) in [5.74, 6) is -0.806. The van der Waals surface area contributed by atoms with E-state index in [2.05, 4.69) is 15.1 Å². The Hall–Kier alpha value is -2.00. The Bertz CT molecular complexity index is 871. The number of nitrogens with zero attached hydrogens (tertiary/aromatic N) is 5. The molecule has 0 fully saturated rings. The highest BCUT2D eigenvalue weighted by Crippen LogP contribution is 2.27. The summed E-state index contributed by atoms with van der Waals surface area (Å²) in [5.41, 5.74) is 1.53. The molecule has 8 nitrogen and oxygen atoms in total. The number of aryl methyl sites for hydroxylation is 3. The number of amides is 1. The van der Waals surface area contributed by atoms with Crippen molar-refractivity contribution in [1.29, 1.82) is 0 Å². The molecular formula is C13H16ClN5O3S. The lowest BCUT2D eigenvalue weighted by Crippen LogP contribution is -2.37. The Labute approximate surface area is 139 Å². The van der Waals surface area contributed by atoms with Crippen molar-refractivity contribution in [1.82, 2.24) is 19.7 Å². The first kappa shape index (κ1) is 17.4. The zero-order valence-electron chi connectivity index (χ0n) is 13.3. The highest BCUT2D eigenvalue weighted by atomic mass is 35.5. The monoisotopic (exact) mass is 357 g/mol. The topological polar surface area (TPSA) is 98.1 Å². The molecule has 0 bridgehead atoms. The number of hydrogen-bond acceptors (Lipinski definition) is 6. The van der Waals surface area contributed by atoms with Crippen LogP contribution in [-0.4, -0.2) is 40.3 Å². The second-order valence-corrected chi connectivity index (χ2v) is 7.31. The lowest BCUT2D eigenvalue weighted by atomic mass is 10.2. The fourth-order valence-corrected chi connectivity index (χ4v) is 3.44. The number of anilines is 1. The van der Waals surface area contributed by atoms with Gasteiger partial charge in [0, 0.05) is 12.7 Å². The van der Waals surface area contributed by atoms with Crippen molar-refractivity contribution in [3.05, 3.63) is 34.1 Å². The smallest absolute Gasteiger partial charge is 0.270 e. The van der Waals surface area contributed by atoms with Crippen LogP contribution in [0.3, 0.4) is 0 Å². The highest BCUT2D eigenvalue weighted by molar-refractivity contribution is 7.92. The van der Waals surface area contributed by atoms with Crippen LogP contribution >= 0.6 is 11.6 Å². The molecule has 0 aliphatic rings. The second kappa shape index (κ2) is 5.89. The summed E-state index contributed by atoms with van der Waals surface area (Å²) in [6, 6.07) is 1.38. The van der Waals surface area contributed by atoms with Crippen molar-refractivity contribution in [2.24, 2.45) is 7.05 Å². The Morgan fingerprint density at radius 3 is 2.30 bits per heavy atom. The van der Waals surface area contributed by atoms with Crippen LogP contribution in [-0.2, 0) is 17.1 Å². The van der Waals surface area contributed by atoms with E-state index in [0.29, 0.717) is 21.4 Å². The molecule has 23 heavy (non-hydrogen) atoms.